The molecular weight excluding hydrogens is 295 g/mol. The van der Waals surface area contributed by atoms with Crippen molar-refractivity contribution in [3.8, 4) is 0 Å². The molecule has 0 bridgehead atoms. The first-order valence-electron chi connectivity index (χ1n) is 7.32. The van der Waals surface area contributed by atoms with Crippen LogP contribution in [0.15, 0.2) is 47.0 Å². The Morgan fingerprint density at radius 1 is 1.13 bits per heavy atom. The Hall–Kier alpha value is -2.69. The fourth-order valence-corrected chi connectivity index (χ4v) is 2.32. The van der Waals surface area contributed by atoms with Crippen LogP contribution < -0.4 is 5.32 Å². The number of benzene rings is 2. The lowest BCUT2D eigenvalue weighted by atomic mass is 9.87. The van der Waals surface area contributed by atoms with Gasteiger partial charge in [-0.3, -0.25) is 4.79 Å². The molecule has 0 spiro atoms. The number of anilines is 1. The van der Waals surface area contributed by atoms with E-state index in [2.05, 4.69) is 31.2 Å². The maximum Gasteiger partial charge on any atom is 0.256 e. The van der Waals surface area contributed by atoms with Gasteiger partial charge in [-0.25, -0.2) is 4.39 Å². The predicted octanol–water partition coefficient (Wildman–Crippen LogP) is 4.52. The molecular formula is C18H17FN2O2. The molecule has 0 fully saturated rings. The topological polar surface area (TPSA) is 55.1 Å². The first-order valence-corrected chi connectivity index (χ1v) is 7.32. The number of halogens is 1. The molecule has 1 N–H and O–H groups in total. The quantitative estimate of drug-likeness (QED) is 0.757. The maximum atomic E-state index is 13.6. The van der Waals surface area contributed by atoms with E-state index in [0.717, 1.165) is 5.56 Å². The van der Waals surface area contributed by atoms with Crippen molar-refractivity contribution >= 4 is 22.7 Å². The van der Waals surface area contributed by atoms with Crippen molar-refractivity contribution in [1.29, 1.82) is 0 Å². The van der Waals surface area contributed by atoms with Crippen LogP contribution >= 0.6 is 0 Å². The smallest absolute Gasteiger partial charge is 0.256 e. The highest BCUT2D eigenvalue weighted by molar-refractivity contribution is 6.07. The zero-order valence-corrected chi connectivity index (χ0v) is 13.2. The van der Waals surface area contributed by atoms with Crippen LogP contribution in [0.4, 0.5) is 10.2 Å². The molecule has 1 amide bonds. The second kappa shape index (κ2) is 5.50. The number of carbonyl (C=O) groups is 1. The average molecular weight is 312 g/mol. The number of hydrogen-bond acceptors (Lipinski definition) is 3. The van der Waals surface area contributed by atoms with Gasteiger partial charge in [0.25, 0.3) is 5.91 Å². The SMILES string of the molecule is CC(C)(C)c1ccc(C(=O)Nc2noc3c(F)cccc23)cc1. The largest absolute Gasteiger partial charge is 0.351 e. The average Bonchev–Trinajstić information content (AvgIpc) is 2.91. The van der Waals surface area contributed by atoms with Crippen molar-refractivity contribution in [2.75, 3.05) is 5.32 Å². The first kappa shape index (κ1) is 15.2. The molecule has 0 atom stereocenters. The molecule has 0 aliphatic rings. The summed E-state index contributed by atoms with van der Waals surface area (Å²) in [6.07, 6.45) is 0. The molecule has 118 valence electrons. The van der Waals surface area contributed by atoms with E-state index in [1.54, 1.807) is 24.3 Å². The van der Waals surface area contributed by atoms with E-state index in [4.69, 9.17) is 4.52 Å². The van der Waals surface area contributed by atoms with Gasteiger partial charge in [0.05, 0.1) is 5.39 Å². The molecule has 1 heterocycles. The summed E-state index contributed by atoms with van der Waals surface area (Å²) in [6, 6.07) is 11.8. The second-order valence-corrected chi connectivity index (χ2v) is 6.43. The van der Waals surface area contributed by atoms with Crippen LogP contribution in [0.25, 0.3) is 11.0 Å². The summed E-state index contributed by atoms with van der Waals surface area (Å²) in [7, 11) is 0. The summed E-state index contributed by atoms with van der Waals surface area (Å²) in [5.41, 5.74) is 1.70. The van der Waals surface area contributed by atoms with Crippen LogP contribution in [0.2, 0.25) is 0 Å². The molecule has 23 heavy (non-hydrogen) atoms. The maximum absolute atomic E-state index is 13.6. The highest BCUT2D eigenvalue weighted by atomic mass is 19.1. The van der Waals surface area contributed by atoms with E-state index in [1.807, 2.05) is 12.1 Å². The third-order valence-electron chi connectivity index (χ3n) is 3.70. The Balaban J connectivity index is 1.85. The van der Waals surface area contributed by atoms with Gasteiger partial charge in [-0.15, -0.1) is 0 Å². The fourth-order valence-electron chi connectivity index (χ4n) is 2.32. The van der Waals surface area contributed by atoms with Crippen molar-refractivity contribution in [2.24, 2.45) is 0 Å². The van der Waals surface area contributed by atoms with Crippen molar-refractivity contribution in [3.05, 3.63) is 59.4 Å². The standard InChI is InChI=1S/C18H17FN2O2/c1-18(2,3)12-9-7-11(8-10-12)17(22)20-16-13-5-4-6-14(19)15(13)23-21-16/h4-10H,1-3H3,(H,20,21,22). The van der Waals surface area contributed by atoms with Gasteiger partial charge >= 0.3 is 0 Å². The Labute approximate surface area is 133 Å². The van der Waals surface area contributed by atoms with Crippen molar-refractivity contribution < 1.29 is 13.7 Å². The lowest BCUT2D eigenvalue weighted by Gasteiger charge is -2.18. The molecule has 0 saturated carbocycles. The van der Waals surface area contributed by atoms with E-state index in [-0.39, 0.29) is 22.7 Å². The van der Waals surface area contributed by atoms with E-state index in [9.17, 15) is 9.18 Å². The summed E-state index contributed by atoms with van der Waals surface area (Å²) in [5.74, 6) is -0.612. The first-order chi connectivity index (χ1) is 10.9. The Kier molecular flexibility index (Phi) is 3.64. The number of aromatic nitrogens is 1. The zero-order chi connectivity index (χ0) is 16.6. The van der Waals surface area contributed by atoms with Gasteiger partial charge in [0.2, 0.25) is 5.58 Å². The Bertz CT molecular complexity index is 861. The van der Waals surface area contributed by atoms with Crippen LogP contribution in [0.1, 0.15) is 36.7 Å². The minimum absolute atomic E-state index is 0.0227. The lowest BCUT2D eigenvalue weighted by Crippen LogP contribution is -2.14. The summed E-state index contributed by atoms with van der Waals surface area (Å²) < 4.78 is 18.5. The minimum Gasteiger partial charge on any atom is -0.351 e. The summed E-state index contributed by atoms with van der Waals surface area (Å²) in [6.45, 7) is 6.33. The van der Waals surface area contributed by atoms with Gasteiger partial charge in [-0.1, -0.05) is 44.1 Å². The molecule has 0 radical (unpaired) electrons. The molecule has 0 unspecified atom stereocenters. The van der Waals surface area contributed by atoms with Crippen molar-refractivity contribution in [3.63, 3.8) is 0 Å². The van der Waals surface area contributed by atoms with Gasteiger partial charge in [0.15, 0.2) is 11.6 Å². The zero-order valence-electron chi connectivity index (χ0n) is 13.2. The molecule has 1 aromatic heterocycles. The van der Waals surface area contributed by atoms with Gasteiger partial charge in [0.1, 0.15) is 0 Å². The number of hydrogen-bond donors (Lipinski definition) is 1. The third kappa shape index (κ3) is 2.95. The van der Waals surface area contributed by atoms with E-state index in [0.29, 0.717) is 10.9 Å². The van der Waals surface area contributed by atoms with Crippen molar-refractivity contribution in [1.82, 2.24) is 5.16 Å². The molecule has 0 aliphatic heterocycles. The minimum atomic E-state index is -0.509. The van der Waals surface area contributed by atoms with Crippen LogP contribution in [0.5, 0.6) is 0 Å². The van der Waals surface area contributed by atoms with Crippen LogP contribution in [-0.4, -0.2) is 11.1 Å². The highest BCUT2D eigenvalue weighted by Gasteiger charge is 2.17. The number of carbonyl (C=O) groups excluding carboxylic acids is 1. The van der Waals surface area contributed by atoms with E-state index in [1.165, 1.54) is 6.07 Å². The molecule has 4 nitrogen and oxygen atoms in total. The monoisotopic (exact) mass is 312 g/mol. The summed E-state index contributed by atoms with van der Waals surface area (Å²) >= 11 is 0. The molecule has 0 aliphatic carbocycles. The van der Waals surface area contributed by atoms with Gasteiger partial charge in [-0.2, -0.15) is 0 Å². The van der Waals surface area contributed by atoms with E-state index < -0.39 is 5.82 Å². The molecule has 0 saturated heterocycles. The molecule has 2 aromatic carbocycles. The highest BCUT2D eigenvalue weighted by Crippen LogP contribution is 2.26. The summed E-state index contributed by atoms with van der Waals surface area (Å²) in [4.78, 5) is 12.3. The van der Waals surface area contributed by atoms with Crippen LogP contribution in [0, 0.1) is 5.82 Å². The lowest BCUT2D eigenvalue weighted by molar-refractivity contribution is 0.102. The van der Waals surface area contributed by atoms with Crippen molar-refractivity contribution in [2.45, 2.75) is 26.2 Å². The van der Waals surface area contributed by atoms with Crippen LogP contribution in [0.3, 0.4) is 0 Å². The van der Waals surface area contributed by atoms with Gasteiger partial charge in [-0.05, 0) is 35.2 Å². The number of amides is 1. The molecule has 3 aromatic rings. The van der Waals surface area contributed by atoms with E-state index >= 15 is 0 Å². The number of nitrogens with zero attached hydrogens (tertiary/aromatic N) is 1. The Morgan fingerprint density at radius 2 is 1.83 bits per heavy atom. The molecule has 3 rings (SSSR count). The number of para-hydroxylation sites is 1. The fraction of sp³-hybridized carbons (Fsp3) is 0.222. The second-order valence-electron chi connectivity index (χ2n) is 6.43. The molecule has 5 heteroatoms. The summed E-state index contributed by atoms with van der Waals surface area (Å²) in [5, 5.41) is 6.82. The number of rotatable bonds is 2. The number of nitrogens with one attached hydrogen (secondary N) is 1. The van der Waals surface area contributed by atoms with Gasteiger partial charge < -0.3 is 9.84 Å². The predicted molar refractivity (Wildman–Crippen MR) is 87.1 cm³/mol. The third-order valence-corrected chi connectivity index (χ3v) is 3.70. The Morgan fingerprint density at radius 3 is 2.48 bits per heavy atom. The van der Waals surface area contributed by atoms with Crippen LogP contribution in [-0.2, 0) is 5.41 Å². The normalized spacial score (nSPS) is 11.7. The van der Waals surface area contributed by atoms with Gasteiger partial charge in [0, 0.05) is 5.56 Å². The number of fused-ring (bicyclic) bond motifs is 1.